The minimum atomic E-state index is -0.144. The highest BCUT2D eigenvalue weighted by Crippen LogP contribution is 2.17. The first-order valence-electron chi connectivity index (χ1n) is 6.49. The zero-order chi connectivity index (χ0) is 14.4. The molecule has 1 amide bonds. The number of amides is 1. The maximum absolute atomic E-state index is 12.1. The van der Waals surface area contributed by atoms with Gasteiger partial charge in [-0.25, -0.2) is 0 Å². The molecule has 0 bridgehead atoms. The summed E-state index contributed by atoms with van der Waals surface area (Å²) in [5.41, 5.74) is 1.35. The molecule has 0 radical (unpaired) electrons. The van der Waals surface area contributed by atoms with Gasteiger partial charge in [0.2, 0.25) is 0 Å². The largest absolute Gasteiger partial charge is 0.494 e. The molecule has 0 fully saturated rings. The van der Waals surface area contributed by atoms with Gasteiger partial charge >= 0.3 is 0 Å². The van der Waals surface area contributed by atoms with Crippen molar-refractivity contribution >= 4 is 27.5 Å². The van der Waals surface area contributed by atoms with Gasteiger partial charge in [-0.1, -0.05) is 28.9 Å². The van der Waals surface area contributed by atoms with Gasteiger partial charge in [0.25, 0.3) is 5.91 Å². The lowest BCUT2D eigenvalue weighted by Gasteiger charge is -2.08. The van der Waals surface area contributed by atoms with Crippen LogP contribution in [0.1, 0.15) is 23.7 Å². The predicted octanol–water partition coefficient (Wildman–Crippen LogP) is 4.49. The van der Waals surface area contributed by atoms with E-state index in [0.29, 0.717) is 12.2 Å². The van der Waals surface area contributed by atoms with Crippen LogP contribution in [0.2, 0.25) is 0 Å². The van der Waals surface area contributed by atoms with Crippen molar-refractivity contribution in [3.05, 3.63) is 58.6 Å². The Morgan fingerprint density at radius 3 is 2.65 bits per heavy atom. The third-order valence-electron chi connectivity index (χ3n) is 2.67. The van der Waals surface area contributed by atoms with Crippen molar-refractivity contribution in [3.8, 4) is 5.75 Å². The summed E-state index contributed by atoms with van der Waals surface area (Å²) in [5.74, 6) is 0.574. The van der Waals surface area contributed by atoms with Crippen LogP contribution in [0.4, 0.5) is 5.69 Å². The highest BCUT2D eigenvalue weighted by atomic mass is 79.9. The van der Waals surface area contributed by atoms with E-state index >= 15 is 0 Å². The number of nitrogens with one attached hydrogen (secondary N) is 1. The summed E-state index contributed by atoms with van der Waals surface area (Å²) < 4.78 is 6.50. The molecule has 0 atom stereocenters. The van der Waals surface area contributed by atoms with E-state index in [-0.39, 0.29) is 5.91 Å². The van der Waals surface area contributed by atoms with Gasteiger partial charge in [-0.3, -0.25) is 4.79 Å². The van der Waals surface area contributed by atoms with E-state index < -0.39 is 0 Å². The Bertz CT molecular complexity index is 581. The number of carbonyl (C=O) groups excluding carboxylic acids is 1. The summed E-state index contributed by atoms with van der Waals surface area (Å²) in [6, 6.07) is 14.7. The summed E-state index contributed by atoms with van der Waals surface area (Å²) in [6.07, 6.45) is 0.940. The number of rotatable bonds is 5. The standard InChI is InChI=1S/C16H16BrNO2/c1-2-10-20-15-5-3-4-12(11-15)16(19)18-14-8-6-13(17)7-9-14/h3-9,11H,2,10H2,1H3,(H,18,19). The third kappa shape index (κ3) is 4.10. The van der Waals surface area contributed by atoms with Crippen LogP contribution in [0.25, 0.3) is 0 Å². The molecular weight excluding hydrogens is 318 g/mol. The molecule has 104 valence electrons. The fraction of sp³-hybridized carbons (Fsp3) is 0.188. The monoisotopic (exact) mass is 333 g/mol. The lowest BCUT2D eigenvalue weighted by molar-refractivity contribution is 0.102. The summed E-state index contributed by atoms with van der Waals surface area (Å²) >= 11 is 3.36. The van der Waals surface area contributed by atoms with Crippen molar-refractivity contribution in [2.24, 2.45) is 0 Å². The molecule has 0 aliphatic rings. The average molecular weight is 334 g/mol. The molecule has 1 N–H and O–H groups in total. The van der Waals surface area contributed by atoms with Gasteiger partial charge in [-0.2, -0.15) is 0 Å². The van der Waals surface area contributed by atoms with Crippen molar-refractivity contribution in [1.29, 1.82) is 0 Å². The fourth-order valence-corrected chi connectivity index (χ4v) is 1.95. The Morgan fingerprint density at radius 2 is 1.95 bits per heavy atom. The van der Waals surface area contributed by atoms with Gasteiger partial charge in [0.05, 0.1) is 6.61 Å². The normalized spacial score (nSPS) is 10.1. The molecule has 0 aromatic heterocycles. The molecule has 4 heteroatoms. The minimum absolute atomic E-state index is 0.144. The number of benzene rings is 2. The van der Waals surface area contributed by atoms with E-state index in [1.807, 2.05) is 43.3 Å². The lowest BCUT2D eigenvalue weighted by atomic mass is 10.2. The molecule has 0 heterocycles. The number of hydrogen-bond donors (Lipinski definition) is 1. The quantitative estimate of drug-likeness (QED) is 0.875. The van der Waals surface area contributed by atoms with Gasteiger partial charge in [-0.05, 0) is 48.9 Å². The maximum atomic E-state index is 12.1. The molecule has 20 heavy (non-hydrogen) atoms. The van der Waals surface area contributed by atoms with Crippen molar-refractivity contribution in [1.82, 2.24) is 0 Å². The molecule has 0 spiro atoms. The Morgan fingerprint density at radius 1 is 1.20 bits per heavy atom. The van der Waals surface area contributed by atoms with Crippen LogP contribution in [-0.4, -0.2) is 12.5 Å². The summed E-state index contributed by atoms with van der Waals surface area (Å²) in [7, 11) is 0. The molecule has 0 unspecified atom stereocenters. The fourth-order valence-electron chi connectivity index (χ4n) is 1.68. The summed E-state index contributed by atoms with van der Waals surface area (Å²) in [6.45, 7) is 2.70. The number of halogens is 1. The van der Waals surface area contributed by atoms with Crippen molar-refractivity contribution < 1.29 is 9.53 Å². The van der Waals surface area contributed by atoms with Gasteiger partial charge < -0.3 is 10.1 Å². The Hall–Kier alpha value is -1.81. The van der Waals surface area contributed by atoms with E-state index in [1.54, 1.807) is 12.1 Å². The van der Waals surface area contributed by atoms with E-state index in [0.717, 1.165) is 22.3 Å². The minimum Gasteiger partial charge on any atom is -0.494 e. The highest BCUT2D eigenvalue weighted by molar-refractivity contribution is 9.10. The smallest absolute Gasteiger partial charge is 0.255 e. The van der Waals surface area contributed by atoms with Crippen molar-refractivity contribution in [2.45, 2.75) is 13.3 Å². The number of hydrogen-bond acceptors (Lipinski definition) is 2. The summed E-state index contributed by atoms with van der Waals surface area (Å²) in [5, 5.41) is 2.85. The van der Waals surface area contributed by atoms with Gasteiger partial charge in [-0.15, -0.1) is 0 Å². The number of anilines is 1. The molecule has 0 aliphatic carbocycles. The van der Waals surface area contributed by atoms with Crippen molar-refractivity contribution in [3.63, 3.8) is 0 Å². The van der Waals surface area contributed by atoms with Gasteiger partial charge in [0.15, 0.2) is 0 Å². The van der Waals surface area contributed by atoms with E-state index in [4.69, 9.17) is 4.74 Å². The molecule has 0 saturated carbocycles. The lowest BCUT2D eigenvalue weighted by Crippen LogP contribution is -2.11. The molecule has 2 aromatic rings. The Kier molecular flexibility index (Phi) is 5.18. The highest BCUT2D eigenvalue weighted by Gasteiger charge is 2.07. The maximum Gasteiger partial charge on any atom is 0.255 e. The second kappa shape index (κ2) is 7.10. The third-order valence-corrected chi connectivity index (χ3v) is 3.20. The molecule has 2 rings (SSSR count). The van der Waals surface area contributed by atoms with Crippen LogP contribution in [0.5, 0.6) is 5.75 Å². The molecular formula is C16H16BrNO2. The van der Waals surface area contributed by atoms with E-state index in [2.05, 4.69) is 21.2 Å². The Labute approximate surface area is 127 Å². The molecule has 0 saturated heterocycles. The zero-order valence-electron chi connectivity index (χ0n) is 11.2. The zero-order valence-corrected chi connectivity index (χ0v) is 12.8. The Balaban J connectivity index is 2.06. The van der Waals surface area contributed by atoms with Crippen molar-refractivity contribution in [2.75, 3.05) is 11.9 Å². The van der Waals surface area contributed by atoms with Crippen LogP contribution in [-0.2, 0) is 0 Å². The second-order valence-electron chi connectivity index (χ2n) is 4.34. The summed E-state index contributed by atoms with van der Waals surface area (Å²) in [4.78, 5) is 12.1. The predicted molar refractivity (Wildman–Crippen MR) is 84.3 cm³/mol. The van der Waals surface area contributed by atoms with Gasteiger partial charge in [0, 0.05) is 15.7 Å². The first-order valence-corrected chi connectivity index (χ1v) is 7.28. The average Bonchev–Trinajstić information content (AvgIpc) is 2.48. The molecule has 2 aromatic carbocycles. The van der Waals surface area contributed by atoms with E-state index in [1.165, 1.54) is 0 Å². The first-order chi connectivity index (χ1) is 9.69. The SMILES string of the molecule is CCCOc1cccc(C(=O)Nc2ccc(Br)cc2)c1. The van der Waals surface area contributed by atoms with Crippen LogP contribution in [0.3, 0.4) is 0 Å². The van der Waals surface area contributed by atoms with E-state index in [9.17, 15) is 4.79 Å². The number of ether oxygens (including phenoxy) is 1. The first kappa shape index (κ1) is 14.6. The van der Waals surface area contributed by atoms with Crippen LogP contribution >= 0.6 is 15.9 Å². The molecule has 3 nitrogen and oxygen atoms in total. The van der Waals surface area contributed by atoms with Crippen LogP contribution < -0.4 is 10.1 Å². The van der Waals surface area contributed by atoms with Crippen LogP contribution in [0.15, 0.2) is 53.0 Å². The van der Waals surface area contributed by atoms with Crippen LogP contribution in [0, 0.1) is 0 Å². The van der Waals surface area contributed by atoms with Gasteiger partial charge in [0.1, 0.15) is 5.75 Å². The topological polar surface area (TPSA) is 38.3 Å². The number of carbonyl (C=O) groups is 1. The molecule has 0 aliphatic heterocycles. The second-order valence-corrected chi connectivity index (χ2v) is 5.25.